The van der Waals surface area contributed by atoms with Crippen molar-refractivity contribution in [1.82, 2.24) is 4.31 Å². The Balaban J connectivity index is 2.27. The predicted octanol–water partition coefficient (Wildman–Crippen LogP) is 0.583. The molecule has 0 radical (unpaired) electrons. The minimum Gasteiger partial charge on any atom is -0.373 e. The number of primary amides is 1. The number of carbonyl (C=O) groups excluding carboxylic acids is 1. The van der Waals surface area contributed by atoms with E-state index in [1.807, 2.05) is 13.8 Å². The van der Waals surface area contributed by atoms with Crippen LogP contribution in [0.5, 0.6) is 0 Å². The van der Waals surface area contributed by atoms with Crippen molar-refractivity contribution in [1.29, 1.82) is 0 Å². The van der Waals surface area contributed by atoms with Crippen molar-refractivity contribution in [2.45, 2.75) is 31.0 Å². The van der Waals surface area contributed by atoms with Gasteiger partial charge in [0.05, 0.1) is 17.1 Å². The predicted molar refractivity (Wildman–Crippen MR) is 73.7 cm³/mol. The number of nitrogens with zero attached hydrogens (tertiary/aromatic N) is 1. The Morgan fingerprint density at radius 1 is 1.20 bits per heavy atom. The Morgan fingerprint density at radius 2 is 1.70 bits per heavy atom. The van der Waals surface area contributed by atoms with Gasteiger partial charge in [0.25, 0.3) is 0 Å². The molecule has 1 aromatic rings. The van der Waals surface area contributed by atoms with Crippen LogP contribution in [0.15, 0.2) is 29.2 Å². The van der Waals surface area contributed by atoms with E-state index in [0.717, 1.165) is 0 Å². The normalized spacial score (nSPS) is 24.5. The summed E-state index contributed by atoms with van der Waals surface area (Å²) in [6, 6.07) is 5.64. The summed E-state index contributed by atoms with van der Waals surface area (Å²) in [5, 5.41) is 0. The molecule has 1 saturated heterocycles. The summed E-state index contributed by atoms with van der Waals surface area (Å²) in [4.78, 5) is 11.2. The zero-order chi connectivity index (χ0) is 14.9. The van der Waals surface area contributed by atoms with Crippen LogP contribution in [0.25, 0.3) is 0 Å². The lowest BCUT2D eigenvalue weighted by molar-refractivity contribution is -0.0440. The summed E-state index contributed by atoms with van der Waals surface area (Å²) in [5.41, 5.74) is 5.42. The summed E-state index contributed by atoms with van der Waals surface area (Å²) in [5.74, 6) is -0.581. The van der Waals surface area contributed by atoms with Gasteiger partial charge in [0, 0.05) is 18.7 Å². The lowest BCUT2D eigenvalue weighted by Gasteiger charge is -2.34. The highest BCUT2D eigenvalue weighted by Crippen LogP contribution is 2.21. The highest BCUT2D eigenvalue weighted by atomic mass is 32.2. The van der Waals surface area contributed by atoms with Crippen molar-refractivity contribution >= 4 is 15.9 Å². The van der Waals surface area contributed by atoms with E-state index < -0.39 is 15.9 Å². The monoisotopic (exact) mass is 298 g/mol. The van der Waals surface area contributed by atoms with Crippen molar-refractivity contribution in [3.05, 3.63) is 29.8 Å². The number of carbonyl (C=O) groups is 1. The van der Waals surface area contributed by atoms with Gasteiger partial charge in [-0.15, -0.1) is 0 Å². The summed E-state index contributed by atoms with van der Waals surface area (Å²) in [6.07, 6.45) is -0.281. The fraction of sp³-hybridized carbons (Fsp3) is 0.462. The van der Waals surface area contributed by atoms with Crippen molar-refractivity contribution < 1.29 is 17.9 Å². The van der Waals surface area contributed by atoms with E-state index in [0.29, 0.717) is 13.1 Å². The Hall–Kier alpha value is -1.44. The number of nitrogens with two attached hydrogens (primary N) is 1. The second-order valence-corrected chi connectivity index (χ2v) is 6.91. The molecule has 2 rings (SSSR count). The second-order valence-electron chi connectivity index (χ2n) is 4.97. The number of benzene rings is 1. The van der Waals surface area contributed by atoms with Crippen LogP contribution in [-0.2, 0) is 14.8 Å². The minimum atomic E-state index is -3.57. The summed E-state index contributed by atoms with van der Waals surface area (Å²) in [7, 11) is -3.57. The Morgan fingerprint density at radius 3 is 2.15 bits per heavy atom. The second kappa shape index (κ2) is 5.51. The number of morpholine rings is 1. The van der Waals surface area contributed by atoms with E-state index in [4.69, 9.17) is 10.5 Å². The molecule has 1 aliphatic heterocycles. The lowest BCUT2D eigenvalue weighted by atomic mass is 10.2. The molecule has 1 heterocycles. The first-order valence-corrected chi connectivity index (χ1v) is 7.80. The minimum absolute atomic E-state index is 0.140. The van der Waals surface area contributed by atoms with Crippen molar-refractivity contribution in [3.63, 3.8) is 0 Å². The van der Waals surface area contributed by atoms with Crippen LogP contribution < -0.4 is 5.73 Å². The standard InChI is InChI=1S/C13H18N2O4S/c1-9-7-15(8-10(2)19-9)20(17,18)12-5-3-11(4-6-12)13(14)16/h3-6,9-10H,7-8H2,1-2H3,(H2,14,16). The number of amides is 1. The fourth-order valence-corrected chi connectivity index (χ4v) is 3.86. The molecule has 110 valence electrons. The molecule has 6 nitrogen and oxygen atoms in total. The van der Waals surface area contributed by atoms with Crippen LogP contribution in [0.1, 0.15) is 24.2 Å². The van der Waals surface area contributed by atoms with Gasteiger partial charge in [-0.1, -0.05) is 0 Å². The van der Waals surface area contributed by atoms with E-state index in [1.165, 1.54) is 28.6 Å². The first-order chi connectivity index (χ1) is 9.30. The largest absolute Gasteiger partial charge is 0.373 e. The Bertz CT molecular complexity index is 587. The van der Waals surface area contributed by atoms with Crippen LogP contribution in [0, 0.1) is 0 Å². The highest BCUT2D eigenvalue weighted by Gasteiger charge is 2.32. The number of rotatable bonds is 3. The molecular formula is C13H18N2O4S. The number of ether oxygens (including phenoxy) is 1. The topological polar surface area (TPSA) is 89.7 Å². The van der Waals surface area contributed by atoms with Crippen molar-refractivity contribution in [3.8, 4) is 0 Å². The summed E-state index contributed by atoms with van der Waals surface area (Å²) < 4.78 is 32.0. The van der Waals surface area contributed by atoms with Gasteiger partial charge in [-0.05, 0) is 38.1 Å². The average molecular weight is 298 g/mol. The van der Waals surface area contributed by atoms with Gasteiger partial charge < -0.3 is 10.5 Å². The molecule has 2 unspecified atom stereocenters. The first-order valence-electron chi connectivity index (χ1n) is 6.36. The Kier molecular flexibility index (Phi) is 4.12. The van der Waals surface area contributed by atoms with E-state index in [1.54, 1.807) is 0 Å². The number of hydrogen-bond donors (Lipinski definition) is 1. The first kappa shape index (κ1) is 15.0. The third kappa shape index (κ3) is 3.00. The molecule has 0 bridgehead atoms. The van der Waals surface area contributed by atoms with Gasteiger partial charge in [0.1, 0.15) is 0 Å². The molecule has 0 spiro atoms. The third-order valence-corrected chi connectivity index (χ3v) is 5.01. The highest BCUT2D eigenvalue weighted by molar-refractivity contribution is 7.89. The molecule has 20 heavy (non-hydrogen) atoms. The van der Waals surface area contributed by atoms with Crippen LogP contribution in [0.3, 0.4) is 0 Å². The van der Waals surface area contributed by atoms with Crippen molar-refractivity contribution in [2.75, 3.05) is 13.1 Å². The maximum absolute atomic E-state index is 12.5. The lowest BCUT2D eigenvalue weighted by Crippen LogP contribution is -2.48. The molecule has 1 amide bonds. The van der Waals surface area contributed by atoms with Crippen LogP contribution in [-0.4, -0.2) is 43.9 Å². The zero-order valence-electron chi connectivity index (χ0n) is 11.4. The molecule has 2 N–H and O–H groups in total. The van der Waals surface area contributed by atoms with E-state index in [-0.39, 0.29) is 22.7 Å². The van der Waals surface area contributed by atoms with Crippen molar-refractivity contribution in [2.24, 2.45) is 5.73 Å². The van der Waals surface area contributed by atoms with Crippen LogP contribution in [0.2, 0.25) is 0 Å². The zero-order valence-corrected chi connectivity index (χ0v) is 12.3. The molecule has 1 aromatic carbocycles. The van der Waals surface area contributed by atoms with E-state index in [9.17, 15) is 13.2 Å². The number of hydrogen-bond acceptors (Lipinski definition) is 4. The molecule has 1 fully saturated rings. The maximum atomic E-state index is 12.5. The van der Waals surface area contributed by atoms with Crippen LogP contribution in [0.4, 0.5) is 0 Å². The molecule has 0 aliphatic carbocycles. The molecule has 2 atom stereocenters. The van der Waals surface area contributed by atoms with Gasteiger partial charge in [-0.2, -0.15) is 4.31 Å². The summed E-state index contributed by atoms with van der Waals surface area (Å²) in [6.45, 7) is 4.33. The Labute approximate surface area is 118 Å². The van der Waals surface area contributed by atoms with Gasteiger partial charge in [-0.3, -0.25) is 4.79 Å². The summed E-state index contributed by atoms with van der Waals surface area (Å²) >= 11 is 0. The number of sulfonamides is 1. The van der Waals surface area contributed by atoms with Gasteiger partial charge >= 0.3 is 0 Å². The van der Waals surface area contributed by atoms with E-state index >= 15 is 0 Å². The maximum Gasteiger partial charge on any atom is 0.248 e. The average Bonchev–Trinajstić information content (AvgIpc) is 2.37. The smallest absolute Gasteiger partial charge is 0.248 e. The molecule has 0 saturated carbocycles. The molecule has 7 heteroatoms. The molecule has 0 aromatic heterocycles. The van der Waals surface area contributed by atoms with Gasteiger partial charge in [-0.25, -0.2) is 8.42 Å². The van der Waals surface area contributed by atoms with Crippen LogP contribution >= 0.6 is 0 Å². The van der Waals surface area contributed by atoms with Gasteiger partial charge in [0.2, 0.25) is 15.9 Å². The SMILES string of the molecule is CC1CN(S(=O)(=O)c2ccc(C(N)=O)cc2)CC(C)O1. The quantitative estimate of drug-likeness (QED) is 0.884. The molecular weight excluding hydrogens is 280 g/mol. The third-order valence-electron chi connectivity index (χ3n) is 3.16. The fourth-order valence-electron chi connectivity index (χ4n) is 2.27. The molecule has 1 aliphatic rings. The van der Waals surface area contributed by atoms with Gasteiger partial charge in [0.15, 0.2) is 0 Å². The van der Waals surface area contributed by atoms with E-state index in [2.05, 4.69) is 0 Å².